The Morgan fingerprint density at radius 2 is 1.94 bits per heavy atom. The van der Waals surface area contributed by atoms with Crippen LogP contribution < -0.4 is 0 Å². The first-order chi connectivity index (χ1) is 8.27. The van der Waals surface area contributed by atoms with Gasteiger partial charge in [-0.25, -0.2) is 0 Å². The van der Waals surface area contributed by atoms with Crippen LogP contribution >= 0.6 is 35.6 Å². The second-order valence-corrected chi connectivity index (χ2v) is 4.82. The summed E-state index contributed by atoms with van der Waals surface area (Å²) in [7, 11) is 0. The maximum absolute atomic E-state index is 6.05. The monoisotopic (exact) mass is 304 g/mol. The van der Waals surface area contributed by atoms with Crippen molar-refractivity contribution < 1.29 is 0 Å². The Balaban J connectivity index is 0.00000162. The fourth-order valence-corrected chi connectivity index (χ4v) is 2.26. The second kappa shape index (κ2) is 7.78. The van der Waals surface area contributed by atoms with Gasteiger partial charge in [-0.2, -0.15) is 0 Å². The van der Waals surface area contributed by atoms with Crippen LogP contribution in [0, 0.1) is 0 Å². The molecule has 0 bridgehead atoms. The van der Waals surface area contributed by atoms with E-state index in [4.69, 9.17) is 23.2 Å². The summed E-state index contributed by atoms with van der Waals surface area (Å²) in [6, 6.07) is 5.45. The number of nitrogens with zero attached hydrogens (tertiary/aromatic N) is 2. The molecule has 0 N–H and O–H groups in total. The van der Waals surface area contributed by atoms with Crippen LogP contribution in [0.25, 0.3) is 0 Å². The summed E-state index contributed by atoms with van der Waals surface area (Å²) >= 11 is 12.1. The SMILES string of the molecule is Cl.Clc1cccc(Cl)c1C=NCC1=NCCCC1. The molecule has 0 amide bonds. The molecule has 0 radical (unpaired) electrons. The molecule has 98 valence electrons. The van der Waals surface area contributed by atoms with E-state index in [9.17, 15) is 0 Å². The van der Waals surface area contributed by atoms with Crippen molar-refractivity contribution in [2.45, 2.75) is 19.3 Å². The molecule has 0 saturated heterocycles. The first kappa shape index (κ1) is 15.5. The molecular formula is C13H15Cl3N2. The largest absolute Gasteiger partial charge is 0.292 e. The molecule has 0 spiro atoms. The molecule has 0 aromatic heterocycles. The van der Waals surface area contributed by atoms with E-state index in [1.54, 1.807) is 6.21 Å². The van der Waals surface area contributed by atoms with Crippen LogP contribution in [0.5, 0.6) is 0 Å². The number of halogens is 3. The molecule has 2 nitrogen and oxygen atoms in total. The summed E-state index contributed by atoms with van der Waals surface area (Å²) in [6.45, 7) is 1.60. The van der Waals surface area contributed by atoms with Crippen LogP contribution in [0.15, 0.2) is 28.2 Å². The highest BCUT2D eigenvalue weighted by Gasteiger charge is 2.04. The Bertz CT molecular complexity index is 435. The van der Waals surface area contributed by atoms with Crippen molar-refractivity contribution in [3.05, 3.63) is 33.8 Å². The van der Waals surface area contributed by atoms with Crippen LogP contribution in [-0.2, 0) is 0 Å². The molecule has 0 unspecified atom stereocenters. The van der Waals surface area contributed by atoms with E-state index in [0.29, 0.717) is 16.6 Å². The van der Waals surface area contributed by atoms with Gasteiger partial charge in [0, 0.05) is 24.0 Å². The summed E-state index contributed by atoms with van der Waals surface area (Å²) in [5, 5.41) is 1.26. The maximum Gasteiger partial charge on any atom is 0.0768 e. The summed E-state index contributed by atoms with van der Waals surface area (Å²) in [5.74, 6) is 0. The van der Waals surface area contributed by atoms with E-state index >= 15 is 0 Å². The minimum atomic E-state index is 0. The third kappa shape index (κ3) is 4.27. The quantitative estimate of drug-likeness (QED) is 0.737. The van der Waals surface area contributed by atoms with Crippen LogP contribution in [0.1, 0.15) is 24.8 Å². The molecule has 18 heavy (non-hydrogen) atoms. The zero-order chi connectivity index (χ0) is 12.1. The molecule has 5 heteroatoms. The average molecular weight is 306 g/mol. The lowest BCUT2D eigenvalue weighted by molar-refractivity contribution is 0.731. The van der Waals surface area contributed by atoms with Gasteiger partial charge in [-0.05, 0) is 31.4 Å². The zero-order valence-electron chi connectivity index (χ0n) is 9.90. The molecule has 0 aliphatic carbocycles. The van der Waals surface area contributed by atoms with Gasteiger partial charge in [0.25, 0.3) is 0 Å². The van der Waals surface area contributed by atoms with Gasteiger partial charge in [0.05, 0.1) is 16.6 Å². The van der Waals surface area contributed by atoms with E-state index in [0.717, 1.165) is 18.5 Å². The smallest absolute Gasteiger partial charge is 0.0768 e. The lowest BCUT2D eigenvalue weighted by Gasteiger charge is -2.09. The zero-order valence-corrected chi connectivity index (χ0v) is 12.2. The predicted molar refractivity (Wildman–Crippen MR) is 82.3 cm³/mol. The van der Waals surface area contributed by atoms with Gasteiger partial charge in [-0.3, -0.25) is 9.98 Å². The predicted octanol–water partition coefficient (Wildman–Crippen LogP) is 4.46. The first-order valence-electron chi connectivity index (χ1n) is 5.73. The fraction of sp³-hybridized carbons (Fsp3) is 0.385. The molecule has 0 saturated carbocycles. The normalized spacial score (nSPS) is 15.3. The van der Waals surface area contributed by atoms with Crippen molar-refractivity contribution in [2.24, 2.45) is 9.98 Å². The van der Waals surface area contributed by atoms with Crippen LogP contribution in [0.2, 0.25) is 10.0 Å². The minimum Gasteiger partial charge on any atom is -0.292 e. The molecule has 1 heterocycles. The second-order valence-electron chi connectivity index (χ2n) is 4.01. The molecule has 1 aromatic carbocycles. The number of hydrogen-bond acceptors (Lipinski definition) is 2. The van der Waals surface area contributed by atoms with Gasteiger partial charge < -0.3 is 0 Å². The number of rotatable bonds is 3. The first-order valence-corrected chi connectivity index (χ1v) is 6.49. The summed E-state index contributed by atoms with van der Waals surface area (Å²) in [6.07, 6.45) is 5.22. The topological polar surface area (TPSA) is 24.7 Å². The van der Waals surface area contributed by atoms with Crippen molar-refractivity contribution in [3.8, 4) is 0 Å². The molecule has 0 atom stereocenters. The third-order valence-corrected chi connectivity index (χ3v) is 3.36. The highest BCUT2D eigenvalue weighted by Crippen LogP contribution is 2.22. The van der Waals surface area contributed by atoms with Crippen LogP contribution in [0.3, 0.4) is 0 Å². The molecule has 1 aliphatic heterocycles. The Kier molecular flexibility index (Phi) is 6.69. The molecule has 0 fully saturated rings. The van der Waals surface area contributed by atoms with E-state index < -0.39 is 0 Å². The van der Waals surface area contributed by atoms with Gasteiger partial charge >= 0.3 is 0 Å². The van der Waals surface area contributed by atoms with Crippen molar-refractivity contribution in [3.63, 3.8) is 0 Å². The van der Waals surface area contributed by atoms with E-state index in [1.165, 1.54) is 18.6 Å². The molecular weight excluding hydrogens is 291 g/mol. The summed E-state index contributed by atoms with van der Waals surface area (Å²) in [4.78, 5) is 8.80. The van der Waals surface area contributed by atoms with E-state index in [-0.39, 0.29) is 12.4 Å². The molecule has 2 rings (SSSR count). The highest BCUT2D eigenvalue weighted by atomic mass is 35.5. The van der Waals surface area contributed by atoms with Gasteiger partial charge in [0.1, 0.15) is 0 Å². The standard InChI is InChI=1S/C13H14Cl2N2.ClH/c14-12-5-3-6-13(15)11(12)9-16-8-10-4-1-2-7-17-10;/h3,5-6,9H,1-2,4,7-8H2;1H. The van der Waals surface area contributed by atoms with Gasteiger partial charge in [0.15, 0.2) is 0 Å². The average Bonchev–Trinajstić information content (AvgIpc) is 2.34. The highest BCUT2D eigenvalue weighted by molar-refractivity contribution is 6.38. The third-order valence-electron chi connectivity index (χ3n) is 2.70. The number of hydrogen-bond donors (Lipinski definition) is 0. The van der Waals surface area contributed by atoms with E-state index in [1.807, 2.05) is 18.2 Å². The van der Waals surface area contributed by atoms with Gasteiger partial charge in [-0.15, -0.1) is 12.4 Å². The van der Waals surface area contributed by atoms with Crippen molar-refractivity contribution in [1.82, 2.24) is 0 Å². The van der Waals surface area contributed by atoms with Crippen molar-refractivity contribution in [2.75, 3.05) is 13.1 Å². The van der Waals surface area contributed by atoms with Crippen LogP contribution in [-0.4, -0.2) is 25.0 Å². The molecule has 1 aromatic rings. The van der Waals surface area contributed by atoms with Gasteiger partial charge in [-0.1, -0.05) is 29.3 Å². The van der Waals surface area contributed by atoms with Crippen molar-refractivity contribution in [1.29, 1.82) is 0 Å². The fourth-order valence-electron chi connectivity index (χ4n) is 1.76. The van der Waals surface area contributed by atoms with Crippen LogP contribution in [0.4, 0.5) is 0 Å². The Morgan fingerprint density at radius 1 is 1.22 bits per heavy atom. The lowest BCUT2D eigenvalue weighted by Crippen LogP contribution is -2.09. The van der Waals surface area contributed by atoms with E-state index in [2.05, 4.69) is 9.98 Å². The Morgan fingerprint density at radius 3 is 2.56 bits per heavy atom. The Labute approximate surface area is 124 Å². The molecule has 1 aliphatic rings. The minimum absolute atomic E-state index is 0. The lowest BCUT2D eigenvalue weighted by atomic mass is 10.1. The van der Waals surface area contributed by atoms with Gasteiger partial charge in [0.2, 0.25) is 0 Å². The number of benzene rings is 1. The summed E-state index contributed by atoms with van der Waals surface area (Å²) in [5.41, 5.74) is 1.96. The maximum atomic E-state index is 6.05. The summed E-state index contributed by atoms with van der Waals surface area (Å²) < 4.78 is 0. The van der Waals surface area contributed by atoms with Crippen molar-refractivity contribution >= 4 is 47.5 Å². The number of aliphatic imine (C=N–C) groups is 2. The Hall–Kier alpha value is -0.570.